The molecule has 2 heterocycles. The third-order valence-electron chi connectivity index (χ3n) is 3.67. The van der Waals surface area contributed by atoms with Gasteiger partial charge in [-0.15, -0.1) is 11.3 Å². The number of aromatic nitrogens is 1. The molecule has 1 fully saturated rings. The second-order valence-corrected chi connectivity index (χ2v) is 6.40. The first-order chi connectivity index (χ1) is 9.60. The highest BCUT2D eigenvalue weighted by Gasteiger charge is 2.26. The van der Waals surface area contributed by atoms with Crippen LogP contribution in [0.5, 0.6) is 0 Å². The molecule has 1 amide bonds. The smallest absolute Gasteiger partial charge is 0.230 e. The molecule has 1 aromatic heterocycles. The van der Waals surface area contributed by atoms with Gasteiger partial charge < -0.3 is 10.2 Å². The summed E-state index contributed by atoms with van der Waals surface area (Å²) in [6.45, 7) is 6.45. The van der Waals surface area contributed by atoms with Crippen LogP contribution in [0.3, 0.4) is 0 Å². The Labute approximate surface area is 123 Å². The Morgan fingerprint density at radius 1 is 1.60 bits per heavy atom. The van der Waals surface area contributed by atoms with E-state index in [0.29, 0.717) is 11.6 Å². The first kappa shape index (κ1) is 14.9. The van der Waals surface area contributed by atoms with E-state index in [0.717, 1.165) is 43.0 Å². The van der Waals surface area contributed by atoms with Crippen molar-refractivity contribution in [2.24, 2.45) is 5.92 Å². The Kier molecular flexibility index (Phi) is 5.10. The van der Waals surface area contributed by atoms with Gasteiger partial charge in [0.1, 0.15) is 0 Å². The average Bonchev–Trinajstić information content (AvgIpc) is 2.75. The number of aryl methyl sites for hydroxylation is 2. The maximum atomic E-state index is 12.3. The van der Waals surface area contributed by atoms with Crippen LogP contribution in [0.25, 0.3) is 0 Å². The highest BCUT2D eigenvalue weighted by Crippen LogP contribution is 2.23. The van der Waals surface area contributed by atoms with Gasteiger partial charge >= 0.3 is 0 Å². The van der Waals surface area contributed by atoms with Gasteiger partial charge in [-0.05, 0) is 33.2 Å². The maximum absolute atomic E-state index is 12.3. The van der Waals surface area contributed by atoms with Crippen molar-refractivity contribution in [2.45, 2.75) is 33.1 Å². The first-order valence-corrected chi connectivity index (χ1v) is 7.76. The Morgan fingerprint density at radius 2 is 2.40 bits per heavy atom. The summed E-state index contributed by atoms with van der Waals surface area (Å²) in [7, 11) is 0. The number of piperidine rings is 1. The Bertz CT molecular complexity index is 500. The number of nitriles is 1. The number of rotatable bonds is 4. The second kappa shape index (κ2) is 6.82. The van der Waals surface area contributed by atoms with E-state index in [-0.39, 0.29) is 11.8 Å². The van der Waals surface area contributed by atoms with Crippen LogP contribution in [0.2, 0.25) is 0 Å². The van der Waals surface area contributed by atoms with Crippen LogP contribution in [-0.4, -0.2) is 35.4 Å². The van der Waals surface area contributed by atoms with Gasteiger partial charge in [-0.2, -0.15) is 5.26 Å². The van der Waals surface area contributed by atoms with Gasteiger partial charge in [0.25, 0.3) is 0 Å². The van der Waals surface area contributed by atoms with Crippen molar-refractivity contribution in [1.82, 2.24) is 9.88 Å². The van der Waals surface area contributed by atoms with Gasteiger partial charge in [-0.3, -0.25) is 4.79 Å². The van der Waals surface area contributed by atoms with Crippen molar-refractivity contribution in [1.29, 1.82) is 5.26 Å². The molecule has 1 atom stereocenters. The molecule has 0 aromatic carbocycles. The van der Waals surface area contributed by atoms with Crippen molar-refractivity contribution in [3.8, 4) is 6.07 Å². The third-order valence-corrected chi connectivity index (χ3v) is 4.66. The van der Waals surface area contributed by atoms with Crippen LogP contribution in [0.4, 0.5) is 5.13 Å². The zero-order valence-electron chi connectivity index (χ0n) is 12.0. The van der Waals surface area contributed by atoms with E-state index in [2.05, 4.69) is 21.3 Å². The summed E-state index contributed by atoms with van der Waals surface area (Å²) in [4.78, 5) is 20.0. The van der Waals surface area contributed by atoms with Crippen LogP contribution in [0.15, 0.2) is 0 Å². The molecule has 0 bridgehead atoms. The molecule has 0 saturated carbocycles. The number of thiazole rings is 1. The van der Waals surface area contributed by atoms with Crippen molar-refractivity contribution in [3.05, 3.63) is 10.6 Å². The fourth-order valence-corrected chi connectivity index (χ4v) is 3.23. The molecule has 5 nitrogen and oxygen atoms in total. The van der Waals surface area contributed by atoms with Gasteiger partial charge in [0.15, 0.2) is 5.13 Å². The minimum atomic E-state index is 0.00644. The topological polar surface area (TPSA) is 69.0 Å². The van der Waals surface area contributed by atoms with Crippen LogP contribution >= 0.6 is 11.3 Å². The van der Waals surface area contributed by atoms with Crippen molar-refractivity contribution < 1.29 is 4.79 Å². The predicted octanol–water partition coefficient (Wildman–Crippen LogP) is 2.32. The molecular formula is C14H20N4OS. The number of nitrogens with zero attached hydrogens (tertiary/aromatic N) is 3. The van der Waals surface area contributed by atoms with Crippen molar-refractivity contribution >= 4 is 22.4 Å². The normalized spacial score (nSPS) is 19.6. The summed E-state index contributed by atoms with van der Waals surface area (Å²) in [5.41, 5.74) is 0.976. The fraction of sp³-hybridized carbons (Fsp3) is 0.643. The molecule has 1 saturated heterocycles. The summed E-state index contributed by atoms with van der Waals surface area (Å²) in [5, 5.41) is 12.3. The van der Waals surface area contributed by atoms with Gasteiger partial charge in [0.05, 0.1) is 17.7 Å². The van der Waals surface area contributed by atoms with Crippen LogP contribution < -0.4 is 5.32 Å². The number of nitrogens with one attached hydrogen (secondary N) is 1. The van der Waals surface area contributed by atoms with Crippen molar-refractivity contribution in [2.75, 3.05) is 25.0 Å². The number of likely N-dealkylation sites (tertiary alicyclic amines) is 1. The highest BCUT2D eigenvalue weighted by molar-refractivity contribution is 7.15. The SMILES string of the molecule is Cc1nc(NC(=O)C2CCCN(CCC#N)C2)sc1C. The van der Waals surface area contributed by atoms with Crippen LogP contribution in [0, 0.1) is 31.1 Å². The lowest BCUT2D eigenvalue weighted by Crippen LogP contribution is -2.41. The average molecular weight is 292 g/mol. The lowest BCUT2D eigenvalue weighted by Gasteiger charge is -2.31. The minimum Gasteiger partial charge on any atom is -0.302 e. The molecule has 1 aromatic rings. The Balaban J connectivity index is 1.90. The Morgan fingerprint density at radius 3 is 3.05 bits per heavy atom. The first-order valence-electron chi connectivity index (χ1n) is 6.94. The lowest BCUT2D eigenvalue weighted by atomic mass is 9.97. The molecule has 108 valence electrons. The zero-order chi connectivity index (χ0) is 14.5. The highest BCUT2D eigenvalue weighted by atomic mass is 32.1. The molecule has 20 heavy (non-hydrogen) atoms. The molecular weight excluding hydrogens is 272 g/mol. The molecule has 0 spiro atoms. The molecule has 1 N–H and O–H groups in total. The van der Waals surface area contributed by atoms with Crippen molar-refractivity contribution in [3.63, 3.8) is 0 Å². The zero-order valence-corrected chi connectivity index (χ0v) is 12.8. The van der Waals surface area contributed by atoms with E-state index in [1.165, 1.54) is 11.3 Å². The van der Waals surface area contributed by atoms with Gasteiger partial charge in [-0.1, -0.05) is 0 Å². The summed E-state index contributed by atoms with van der Waals surface area (Å²) in [5.74, 6) is 0.0624. The molecule has 1 aliphatic heterocycles. The van der Waals surface area contributed by atoms with Gasteiger partial charge in [-0.25, -0.2) is 4.98 Å². The van der Waals surface area contributed by atoms with Gasteiger partial charge in [0, 0.05) is 24.4 Å². The van der Waals surface area contributed by atoms with Crippen LogP contribution in [-0.2, 0) is 4.79 Å². The quantitative estimate of drug-likeness (QED) is 0.924. The Hall–Kier alpha value is -1.45. The number of carbonyl (C=O) groups excluding carboxylic acids is 1. The second-order valence-electron chi connectivity index (χ2n) is 5.20. The van der Waals surface area contributed by atoms with E-state index in [4.69, 9.17) is 5.26 Å². The summed E-state index contributed by atoms with van der Waals surface area (Å²) >= 11 is 1.52. The monoisotopic (exact) mass is 292 g/mol. The van der Waals surface area contributed by atoms with Gasteiger partial charge in [0.2, 0.25) is 5.91 Å². The predicted molar refractivity (Wildman–Crippen MR) is 79.6 cm³/mol. The van der Waals surface area contributed by atoms with E-state index in [1.807, 2.05) is 13.8 Å². The third kappa shape index (κ3) is 3.78. The summed E-state index contributed by atoms with van der Waals surface area (Å²) in [6, 6.07) is 2.16. The standard InChI is InChI=1S/C14H20N4OS/c1-10-11(2)20-14(16-10)17-13(19)12-5-3-7-18(9-12)8-4-6-15/h12H,3-5,7-9H2,1-2H3,(H,16,17,19). The number of anilines is 1. The minimum absolute atomic E-state index is 0.00644. The number of hydrogen-bond acceptors (Lipinski definition) is 5. The van der Waals surface area contributed by atoms with E-state index in [1.54, 1.807) is 0 Å². The van der Waals surface area contributed by atoms with E-state index in [9.17, 15) is 4.79 Å². The van der Waals surface area contributed by atoms with E-state index < -0.39 is 0 Å². The molecule has 0 radical (unpaired) electrons. The number of hydrogen-bond donors (Lipinski definition) is 1. The molecule has 1 unspecified atom stereocenters. The van der Waals surface area contributed by atoms with Crippen LogP contribution in [0.1, 0.15) is 29.8 Å². The maximum Gasteiger partial charge on any atom is 0.230 e. The van der Waals surface area contributed by atoms with E-state index >= 15 is 0 Å². The molecule has 2 rings (SSSR count). The lowest BCUT2D eigenvalue weighted by molar-refractivity contribution is -0.121. The fourth-order valence-electron chi connectivity index (χ4n) is 2.41. The number of amides is 1. The molecule has 6 heteroatoms. The molecule has 1 aliphatic rings. The summed E-state index contributed by atoms with van der Waals surface area (Å²) in [6.07, 6.45) is 2.46. The number of carbonyl (C=O) groups is 1. The largest absolute Gasteiger partial charge is 0.302 e. The molecule has 0 aliphatic carbocycles. The summed E-state index contributed by atoms with van der Waals surface area (Å²) < 4.78 is 0.